The molecule has 1 nitrogen and oxygen atoms in total. The van der Waals surface area contributed by atoms with E-state index >= 15 is 0 Å². The highest BCUT2D eigenvalue weighted by atomic mass is 35.5. The van der Waals surface area contributed by atoms with Gasteiger partial charge in [-0.05, 0) is 36.6 Å². The van der Waals surface area contributed by atoms with E-state index in [-0.39, 0.29) is 12.4 Å². The van der Waals surface area contributed by atoms with E-state index in [9.17, 15) is 0 Å². The van der Waals surface area contributed by atoms with Crippen molar-refractivity contribution in [1.82, 2.24) is 0 Å². The van der Waals surface area contributed by atoms with Crippen LogP contribution in [-0.4, -0.2) is 0 Å². The molecule has 0 aliphatic heterocycles. The minimum absolute atomic E-state index is 0. The fourth-order valence-corrected chi connectivity index (χ4v) is 1.74. The molecule has 0 spiro atoms. The Morgan fingerprint density at radius 3 is 2.29 bits per heavy atom. The first kappa shape index (κ1) is 13.6. The highest BCUT2D eigenvalue weighted by Crippen LogP contribution is 2.18. The molecule has 0 aliphatic carbocycles. The molecule has 0 unspecified atom stereocenters. The number of aryl methyl sites for hydroxylation is 1. The Morgan fingerprint density at radius 1 is 0.882 bits per heavy atom. The molecule has 0 atom stereocenters. The van der Waals surface area contributed by atoms with E-state index in [1.54, 1.807) is 0 Å². The number of hydrogen-bond donors (Lipinski definition) is 1. The van der Waals surface area contributed by atoms with Gasteiger partial charge in [0.05, 0.1) is 0 Å². The maximum absolute atomic E-state index is 3.47. The lowest BCUT2D eigenvalue weighted by Gasteiger charge is -2.11. The molecule has 2 heteroatoms. The van der Waals surface area contributed by atoms with Crippen LogP contribution in [0.2, 0.25) is 0 Å². The molecule has 2 aromatic rings. The highest BCUT2D eigenvalue weighted by Gasteiger charge is 1.99. The van der Waals surface area contributed by atoms with E-state index < -0.39 is 0 Å². The zero-order chi connectivity index (χ0) is 11.4. The third-order valence-electron chi connectivity index (χ3n) is 2.93. The minimum atomic E-state index is 0. The van der Waals surface area contributed by atoms with Gasteiger partial charge in [-0.3, -0.25) is 0 Å². The molecular formula is C15H18ClN. The van der Waals surface area contributed by atoms with Gasteiger partial charge in [0.15, 0.2) is 0 Å². The van der Waals surface area contributed by atoms with Gasteiger partial charge >= 0.3 is 0 Å². The Kier molecular flexibility index (Phi) is 5.05. The minimum Gasteiger partial charge on any atom is -0.381 e. The number of halogens is 1. The van der Waals surface area contributed by atoms with Crippen molar-refractivity contribution < 1.29 is 0 Å². The summed E-state index contributed by atoms with van der Waals surface area (Å²) in [4.78, 5) is 0. The van der Waals surface area contributed by atoms with Crippen LogP contribution in [0.1, 0.15) is 16.7 Å². The molecule has 17 heavy (non-hydrogen) atoms. The molecule has 0 heterocycles. The summed E-state index contributed by atoms with van der Waals surface area (Å²) in [5.74, 6) is 0. The van der Waals surface area contributed by atoms with Crippen molar-refractivity contribution in [3.05, 3.63) is 65.2 Å². The number of benzene rings is 2. The van der Waals surface area contributed by atoms with Gasteiger partial charge < -0.3 is 5.32 Å². The van der Waals surface area contributed by atoms with Crippen molar-refractivity contribution in [2.75, 3.05) is 5.32 Å². The standard InChI is InChI=1S/C15H17N.ClH/c1-12-7-6-10-15(13(12)2)16-11-14-8-4-3-5-9-14;/h3-10,16H,11H2,1-2H3;1H. The SMILES string of the molecule is Cc1cccc(NCc2ccccc2)c1C.Cl. The van der Waals surface area contributed by atoms with Gasteiger partial charge in [0.25, 0.3) is 0 Å². The monoisotopic (exact) mass is 247 g/mol. The number of anilines is 1. The summed E-state index contributed by atoms with van der Waals surface area (Å²) in [6, 6.07) is 16.8. The molecule has 0 radical (unpaired) electrons. The first-order valence-electron chi connectivity index (χ1n) is 5.61. The predicted molar refractivity (Wildman–Crippen MR) is 76.9 cm³/mol. The molecule has 0 amide bonds. The van der Waals surface area contributed by atoms with Crippen LogP contribution in [0.4, 0.5) is 5.69 Å². The normalized spacial score (nSPS) is 9.53. The second-order valence-electron chi connectivity index (χ2n) is 4.09. The van der Waals surface area contributed by atoms with Crippen molar-refractivity contribution in [3.8, 4) is 0 Å². The number of nitrogens with one attached hydrogen (secondary N) is 1. The summed E-state index contributed by atoms with van der Waals surface area (Å²) in [5, 5.41) is 3.47. The van der Waals surface area contributed by atoms with Crippen molar-refractivity contribution in [3.63, 3.8) is 0 Å². The Hall–Kier alpha value is -1.47. The molecule has 0 saturated carbocycles. The number of rotatable bonds is 3. The van der Waals surface area contributed by atoms with Crippen molar-refractivity contribution >= 4 is 18.1 Å². The van der Waals surface area contributed by atoms with Crippen LogP contribution >= 0.6 is 12.4 Å². The van der Waals surface area contributed by atoms with Gasteiger partial charge in [-0.1, -0.05) is 42.5 Å². The van der Waals surface area contributed by atoms with Crippen molar-refractivity contribution in [2.24, 2.45) is 0 Å². The fourth-order valence-electron chi connectivity index (χ4n) is 1.74. The highest BCUT2D eigenvalue weighted by molar-refractivity contribution is 5.85. The van der Waals surface area contributed by atoms with Crippen LogP contribution in [0.5, 0.6) is 0 Å². The molecule has 2 aromatic carbocycles. The quantitative estimate of drug-likeness (QED) is 0.851. The molecular weight excluding hydrogens is 230 g/mol. The summed E-state index contributed by atoms with van der Waals surface area (Å²) in [6.45, 7) is 5.18. The summed E-state index contributed by atoms with van der Waals surface area (Å²) >= 11 is 0. The first-order chi connectivity index (χ1) is 7.77. The average Bonchev–Trinajstić information content (AvgIpc) is 2.32. The fraction of sp³-hybridized carbons (Fsp3) is 0.200. The van der Waals surface area contributed by atoms with Crippen LogP contribution < -0.4 is 5.32 Å². The van der Waals surface area contributed by atoms with Gasteiger partial charge in [-0.2, -0.15) is 0 Å². The second kappa shape index (κ2) is 6.31. The second-order valence-corrected chi connectivity index (χ2v) is 4.09. The van der Waals surface area contributed by atoms with Crippen LogP contribution in [0, 0.1) is 13.8 Å². The Balaban J connectivity index is 0.00000144. The molecule has 0 aliphatic rings. The van der Waals surface area contributed by atoms with E-state index in [2.05, 4.69) is 61.6 Å². The average molecular weight is 248 g/mol. The summed E-state index contributed by atoms with van der Waals surface area (Å²) in [5.41, 5.74) is 5.20. The summed E-state index contributed by atoms with van der Waals surface area (Å²) in [6.07, 6.45) is 0. The van der Waals surface area contributed by atoms with Crippen molar-refractivity contribution in [1.29, 1.82) is 0 Å². The van der Waals surface area contributed by atoms with E-state index in [4.69, 9.17) is 0 Å². The van der Waals surface area contributed by atoms with Crippen LogP contribution in [0.15, 0.2) is 48.5 Å². The lowest BCUT2D eigenvalue weighted by Crippen LogP contribution is -2.01. The molecule has 0 saturated heterocycles. The van der Waals surface area contributed by atoms with Gasteiger partial charge in [-0.25, -0.2) is 0 Å². The summed E-state index contributed by atoms with van der Waals surface area (Å²) in [7, 11) is 0. The molecule has 2 rings (SSSR count). The molecule has 1 N–H and O–H groups in total. The maximum atomic E-state index is 3.47. The van der Waals surface area contributed by atoms with Crippen molar-refractivity contribution in [2.45, 2.75) is 20.4 Å². The lowest BCUT2D eigenvalue weighted by atomic mass is 10.1. The zero-order valence-corrected chi connectivity index (χ0v) is 11.1. The molecule has 0 fully saturated rings. The largest absolute Gasteiger partial charge is 0.381 e. The summed E-state index contributed by atoms with van der Waals surface area (Å²) < 4.78 is 0. The van der Waals surface area contributed by atoms with Gasteiger partial charge in [-0.15, -0.1) is 12.4 Å². The van der Waals surface area contributed by atoms with Gasteiger partial charge in [0, 0.05) is 12.2 Å². The lowest BCUT2D eigenvalue weighted by molar-refractivity contribution is 1.13. The van der Waals surface area contributed by atoms with E-state index in [0.29, 0.717) is 0 Å². The Morgan fingerprint density at radius 2 is 1.59 bits per heavy atom. The predicted octanol–water partition coefficient (Wildman–Crippen LogP) is 4.34. The number of hydrogen-bond acceptors (Lipinski definition) is 1. The molecule has 90 valence electrons. The zero-order valence-electron chi connectivity index (χ0n) is 10.2. The third-order valence-corrected chi connectivity index (χ3v) is 2.93. The van der Waals surface area contributed by atoms with Crippen LogP contribution in [0.3, 0.4) is 0 Å². The van der Waals surface area contributed by atoms with Crippen LogP contribution in [0.25, 0.3) is 0 Å². The van der Waals surface area contributed by atoms with Crippen LogP contribution in [-0.2, 0) is 6.54 Å². The molecule has 0 bridgehead atoms. The van der Waals surface area contributed by atoms with E-state index in [1.807, 2.05) is 6.07 Å². The first-order valence-corrected chi connectivity index (χ1v) is 5.61. The van der Waals surface area contributed by atoms with Gasteiger partial charge in [0.1, 0.15) is 0 Å². The maximum Gasteiger partial charge on any atom is 0.0400 e. The smallest absolute Gasteiger partial charge is 0.0400 e. The van der Waals surface area contributed by atoms with E-state index in [1.165, 1.54) is 22.4 Å². The Labute approximate surface area is 109 Å². The third kappa shape index (κ3) is 3.50. The van der Waals surface area contributed by atoms with Gasteiger partial charge in [0.2, 0.25) is 0 Å². The topological polar surface area (TPSA) is 12.0 Å². The van der Waals surface area contributed by atoms with E-state index in [0.717, 1.165) is 6.54 Å². The Bertz CT molecular complexity index is 466. The molecule has 0 aromatic heterocycles.